The lowest BCUT2D eigenvalue weighted by molar-refractivity contribution is -0.122. The average Bonchev–Trinajstić information content (AvgIpc) is 3.07. The van der Waals surface area contributed by atoms with E-state index >= 15 is 0 Å². The number of thioether (sulfide) groups is 1. The fraction of sp³-hybridized carbons (Fsp3) is 0.214. The van der Waals surface area contributed by atoms with Crippen LogP contribution in [-0.2, 0) is 11.3 Å². The average molecular weight is 524 g/mol. The molecule has 3 aromatic carbocycles. The highest BCUT2D eigenvalue weighted by atomic mass is 35.5. The van der Waals surface area contributed by atoms with Gasteiger partial charge in [0.1, 0.15) is 15.8 Å². The molecule has 1 saturated heterocycles. The van der Waals surface area contributed by atoms with Crippen molar-refractivity contribution in [2.45, 2.75) is 26.8 Å². The van der Waals surface area contributed by atoms with Gasteiger partial charge >= 0.3 is 0 Å². The number of halogens is 1. The first-order chi connectivity index (χ1) is 16.9. The van der Waals surface area contributed by atoms with Gasteiger partial charge in [-0.25, -0.2) is 0 Å². The third-order valence-corrected chi connectivity index (χ3v) is 6.94. The van der Waals surface area contributed by atoms with E-state index in [0.29, 0.717) is 46.2 Å². The molecule has 0 unspecified atom stereocenters. The van der Waals surface area contributed by atoms with Crippen LogP contribution in [0.4, 0.5) is 0 Å². The Morgan fingerprint density at radius 1 is 0.971 bits per heavy atom. The van der Waals surface area contributed by atoms with Gasteiger partial charge in [-0.15, -0.1) is 0 Å². The molecule has 1 heterocycles. The van der Waals surface area contributed by atoms with Gasteiger partial charge < -0.3 is 9.47 Å². The molecule has 35 heavy (non-hydrogen) atoms. The predicted octanol–water partition coefficient (Wildman–Crippen LogP) is 7.21. The van der Waals surface area contributed by atoms with Crippen LogP contribution in [0, 0.1) is 13.8 Å². The van der Waals surface area contributed by atoms with Crippen molar-refractivity contribution in [2.75, 3.05) is 13.2 Å². The van der Waals surface area contributed by atoms with Crippen molar-refractivity contribution in [3.05, 3.63) is 98.9 Å². The summed E-state index contributed by atoms with van der Waals surface area (Å²) in [5.74, 6) is 1.41. The standard InChI is InChI=1S/C28H26ClNO3S2/c1-19-13-20(2)15-24(14-19)32-11-6-12-33-25-10-9-23(29)16-22(25)17-26-27(31)30(28(34)35-26)18-21-7-4-3-5-8-21/h3-5,7-10,13-17H,6,11-12,18H2,1-2H3. The molecule has 4 rings (SSSR count). The van der Waals surface area contributed by atoms with Gasteiger partial charge in [0.15, 0.2) is 0 Å². The highest BCUT2D eigenvalue weighted by Gasteiger charge is 2.32. The number of carbonyl (C=O) groups excluding carboxylic acids is 1. The molecule has 0 saturated carbocycles. The molecule has 1 amide bonds. The zero-order chi connectivity index (χ0) is 24.8. The zero-order valence-electron chi connectivity index (χ0n) is 19.6. The van der Waals surface area contributed by atoms with Crippen molar-refractivity contribution < 1.29 is 14.3 Å². The number of aryl methyl sites for hydroxylation is 2. The second-order valence-corrected chi connectivity index (χ2v) is 10.4. The van der Waals surface area contributed by atoms with E-state index in [1.54, 1.807) is 23.1 Å². The van der Waals surface area contributed by atoms with Crippen LogP contribution in [0.25, 0.3) is 6.08 Å². The molecule has 0 atom stereocenters. The van der Waals surface area contributed by atoms with Gasteiger partial charge in [-0.1, -0.05) is 72.0 Å². The number of benzene rings is 3. The van der Waals surface area contributed by atoms with Crippen molar-refractivity contribution in [2.24, 2.45) is 0 Å². The zero-order valence-corrected chi connectivity index (χ0v) is 22.0. The molecule has 0 bridgehead atoms. The molecular weight excluding hydrogens is 498 g/mol. The molecule has 1 fully saturated rings. The van der Waals surface area contributed by atoms with E-state index in [1.807, 2.05) is 48.5 Å². The highest BCUT2D eigenvalue weighted by molar-refractivity contribution is 8.26. The molecule has 180 valence electrons. The SMILES string of the molecule is Cc1cc(C)cc(OCCCOc2ccc(Cl)cc2C=C2SC(=S)N(Cc3ccccc3)C2=O)c1. The van der Waals surface area contributed by atoms with Crippen LogP contribution in [0.1, 0.15) is 28.7 Å². The molecule has 7 heteroatoms. The predicted molar refractivity (Wildman–Crippen MR) is 148 cm³/mol. The van der Waals surface area contributed by atoms with Gasteiger partial charge in [0, 0.05) is 17.0 Å². The second kappa shape index (κ2) is 11.8. The summed E-state index contributed by atoms with van der Waals surface area (Å²) >= 11 is 13.0. The Morgan fingerprint density at radius 3 is 2.43 bits per heavy atom. The Balaban J connectivity index is 1.39. The summed E-state index contributed by atoms with van der Waals surface area (Å²) in [7, 11) is 0. The molecule has 4 nitrogen and oxygen atoms in total. The third-order valence-electron chi connectivity index (χ3n) is 5.33. The van der Waals surface area contributed by atoms with Gasteiger partial charge in [0.2, 0.25) is 0 Å². The maximum atomic E-state index is 13.1. The largest absolute Gasteiger partial charge is 0.493 e. The van der Waals surface area contributed by atoms with Crippen molar-refractivity contribution in [3.8, 4) is 11.5 Å². The number of hydrogen-bond acceptors (Lipinski definition) is 5. The van der Waals surface area contributed by atoms with E-state index in [2.05, 4.69) is 19.9 Å². The Kier molecular flexibility index (Phi) is 8.50. The summed E-state index contributed by atoms with van der Waals surface area (Å²) in [6.45, 7) is 5.58. The summed E-state index contributed by atoms with van der Waals surface area (Å²) in [5.41, 5.74) is 4.13. The maximum Gasteiger partial charge on any atom is 0.266 e. The minimum Gasteiger partial charge on any atom is -0.493 e. The second-order valence-electron chi connectivity index (χ2n) is 8.31. The Morgan fingerprint density at radius 2 is 1.69 bits per heavy atom. The monoisotopic (exact) mass is 523 g/mol. The minimum absolute atomic E-state index is 0.114. The number of ether oxygens (including phenoxy) is 2. The van der Waals surface area contributed by atoms with E-state index in [4.69, 9.17) is 33.3 Å². The molecule has 0 N–H and O–H groups in total. The first-order valence-corrected chi connectivity index (χ1v) is 12.9. The molecule has 0 radical (unpaired) electrons. The van der Waals surface area contributed by atoms with Crippen molar-refractivity contribution >= 4 is 51.9 Å². The molecule has 1 aliphatic heterocycles. The number of carbonyl (C=O) groups is 1. The summed E-state index contributed by atoms with van der Waals surface area (Å²) in [4.78, 5) is 15.2. The van der Waals surface area contributed by atoms with Crippen LogP contribution >= 0.6 is 35.6 Å². The van der Waals surface area contributed by atoms with Crippen LogP contribution in [0.3, 0.4) is 0 Å². The van der Waals surface area contributed by atoms with Crippen LogP contribution in [0.15, 0.2) is 71.6 Å². The van der Waals surface area contributed by atoms with Crippen LogP contribution < -0.4 is 9.47 Å². The molecule has 1 aliphatic rings. The third kappa shape index (κ3) is 6.88. The summed E-state index contributed by atoms with van der Waals surface area (Å²) in [6, 6.07) is 21.4. The van der Waals surface area contributed by atoms with Gasteiger partial charge in [0.05, 0.1) is 24.7 Å². The number of nitrogens with zero attached hydrogens (tertiary/aromatic N) is 1. The molecule has 0 aliphatic carbocycles. The van der Waals surface area contributed by atoms with Gasteiger partial charge in [0.25, 0.3) is 5.91 Å². The van der Waals surface area contributed by atoms with Crippen molar-refractivity contribution in [1.82, 2.24) is 4.90 Å². The number of hydrogen-bond donors (Lipinski definition) is 0. The number of rotatable bonds is 9. The first-order valence-electron chi connectivity index (χ1n) is 11.3. The minimum atomic E-state index is -0.114. The van der Waals surface area contributed by atoms with Gasteiger partial charge in [-0.3, -0.25) is 9.69 Å². The van der Waals surface area contributed by atoms with E-state index in [1.165, 1.54) is 22.9 Å². The van der Waals surface area contributed by atoms with Crippen LogP contribution in [0.5, 0.6) is 11.5 Å². The first kappa shape index (κ1) is 25.3. The quantitative estimate of drug-likeness (QED) is 0.168. The summed E-state index contributed by atoms with van der Waals surface area (Å²) < 4.78 is 12.4. The molecule has 0 spiro atoms. The van der Waals surface area contributed by atoms with Crippen molar-refractivity contribution in [3.63, 3.8) is 0 Å². The lowest BCUT2D eigenvalue weighted by atomic mass is 10.1. The van der Waals surface area contributed by atoms with Crippen LogP contribution in [-0.4, -0.2) is 28.3 Å². The number of thiocarbonyl (C=S) groups is 1. The van der Waals surface area contributed by atoms with Crippen LogP contribution in [0.2, 0.25) is 5.02 Å². The topological polar surface area (TPSA) is 38.8 Å². The summed E-state index contributed by atoms with van der Waals surface area (Å²) in [5, 5.41) is 0.571. The Hall–Kier alpha value is -2.80. The van der Waals surface area contributed by atoms with E-state index in [0.717, 1.165) is 16.9 Å². The lowest BCUT2D eigenvalue weighted by Gasteiger charge is -2.14. The van der Waals surface area contributed by atoms with Gasteiger partial charge in [-0.2, -0.15) is 0 Å². The Labute approximate surface area is 220 Å². The van der Waals surface area contributed by atoms with E-state index < -0.39 is 0 Å². The normalized spacial score (nSPS) is 14.6. The smallest absolute Gasteiger partial charge is 0.266 e. The lowest BCUT2D eigenvalue weighted by Crippen LogP contribution is -2.27. The maximum absolute atomic E-state index is 13.1. The summed E-state index contributed by atoms with van der Waals surface area (Å²) in [6.07, 6.45) is 2.52. The van der Waals surface area contributed by atoms with Gasteiger partial charge in [-0.05, 0) is 66.9 Å². The fourth-order valence-corrected chi connectivity index (χ4v) is 5.18. The highest BCUT2D eigenvalue weighted by Crippen LogP contribution is 2.36. The Bertz CT molecular complexity index is 1240. The number of amides is 1. The van der Waals surface area contributed by atoms with E-state index in [-0.39, 0.29) is 5.91 Å². The van der Waals surface area contributed by atoms with E-state index in [9.17, 15) is 4.79 Å². The molecular formula is C28H26ClNO3S2. The molecule has 3 aromatic rings. The van der Waals surface area contributed by atoms with Crippen molar-refractivity contribution in [1.29, 1.82) is 0 Å². The molecule has 0 aromatic heterocycles. The fourth-order valence-electron chi connectivity index (χ4n) is 3.75.